The van der Waals surface area contributed by atoms with Crippen LogP contribution in [0.25, 0.3) is 22.8 Å². The highest BCUT2D eigenvalue weighted by Crippen LogP contribution is 2.25. The average molecular weight is 439 g/mol. The number of ketones is 1. The third-order valence-corrected chi connectivity index (χ3v) is 5.30. The maximum Gasteiger partial charge on any atom is 0.269 e. The fourth-order valence-electron chi connectivity index (χ4n) is 2.75. The lowest BCUT2D eigenvalue weighted by Gasteiger charge is -2.02. The summed E-state index contributed by atoms with van der Waals surface area (Å²) in [6.07, 6.45) is 0. The van der Waals surface area contributed by atoms with Crippen LogP contribution in [0.3, 0.4) is 0 Å². The second-order valence-electron chi connectivity index (χ2n) is 6.37. The SMILES string of the molecule is Nn1c(SCC(=O)c2ccc([N+](=O)[O-])cc2)nnc1-c1cc(-c2ccc(F)cc2)n[nH]1. The number of carbonyl (C=O) groups excluding carboxylic acids is 1. The van der Waals surface area contributed by atoms with Gasteiger partial charge in [-0.05, 0) is 42.5 Å². The Labute approximate surface area is 178 Å². The number of rotatable bonds is 7. The quantitative estimate of drug-likeness (QED) is 0.147. The molecule has 2 aromatic carbocycles. The molecule has 0 spiro atoms. The number of nitrogen functional groups attached to an aromatic ring is 1. The predicted molar refractivity (Wildman–Crippen MR) is 111 cm³/mol. The van der Waals surface area contributed by atoms with Gasteiger partial charge in [-0.15, -0.1) is 10.2 Å². The molecule has 0 aliphatic rings. The van der Waals surface area contributed by atoms with Gasteiger partial charge in [0, 0.05) is 23.3 Å². The van der Waals surface area contributed by atoms with Crippen molar-refractivity contribution in [1.29, 1.82) is 0 Å². The van der Waals surface area contributed by atoms with Gasteiger partial charge >= 0.3 is 0 Å². The average Bonchev–Trinajstić information content (AvgIpc) is 3.39. The second-order valence-corrected chi connectivity index (χ2v) is 7.31. The van der Waals surface area contributed by atoms with Crippen molar-refractivity contribution in [1.82, 2.24) is 25.1 Å². The van der Waals surface area contributed by atoms with E-state index in [9.17, 15) is 19.3 Å². The van der Waals surface area contributed by atoms with Gasteiger partial charge in [-0.25, -0.2) is 9.07 Å². The first-order valence-electron chi connectivity index (χ1n) is 8.85. The first-order valence-corrected chi connectivity index (χ1v) is 9.83. The van der Waals surface area contributed by atoms with Crippen LogP contribution < -0.4 is 5.84 Å². The third-order valence-electron chi connectivity index (χ3n) is 4.36. The minimum Gasteiger partial charge on any atom is -0.335 e. The van der Waals surface area contributed by atoms with Crippen LogP contribution in [0, 0.1) is 15.9 Å². The minimum atomic E-state index is -0.529. The fourth-order valence-corrected chi connectivity index (χ4v) is 3.50. The smallest absolute Gasteiger partial charge is 0.269 e. The molecule has 0 radical (unpaired) electrons. The maximum absolute atomic E-state index is 13.1. The van der Waals surface area contributed by atoms with E-state index in [2.05, 4.69) is 20.4 Å². The molecule has 2 heterocycles. The van der Waals surface area contributed by atoms with Crippen LogP contribution in [0.15, 0.2) is 59.8 Å². The van der Waals surface area contributed by atoms with E-state index in [4.69, 9.17) is 5.84 Å². The van der Waals surface area contributed by atoms with Gasteiger partial charge in [0.05, 0.1) is 16.4 Å². The third kappa shape index (κ3) is 4.28. The summed E-state index contributed by atoms with van der Waals surface area (Å²) in [6.45, 7) is 0. The first-order chi connectivity index (χ1) is 14.9. The van der Waals surface area contributed by atoms with Gasteiger partial charge in [0.25, 0.3) is 5.69 Å². The number of hydrogen-bond donors (Lipinski definition) is 2. The zero-order chi connectivity index (χ0) is 22.0. The van der Waals surface area contributed by atoms with Crippen LogP contribution in [-0.2, 0) is 0 Å². The van der Waals surface area contributed by atoms with Crippen molar-refractivity contribution < 1.29 is 14.1 Å². The summed E-state index contributed by atoms with van der Waals surface area (Å²) < 4.78 is 14.3. The molecule has 156 valence electrons. The van der Waals surface area contributed by atoms with Crippen molar-refractivity contribution in [2.75, 3.05) is 11.6 Å². The van der Waals surface area contributed by atoms with E-state index >= 15 is 0 Å². The molecule has 4 rings (SSSR count). The summed E-state index contributed by atoms with van der Waals surface area (Å²) in [5.74, 6) is 5.83. The van der Waals surface area contributed by atoms with Gasteiger partial charge in [-0.3, -0.25) is 20.0 Å². The van der Waals surface area contributed by atoms with Gasteiger partial charge in [0.15, 0.2) is 5.78 Å². The van der Waals surface area contributed by atoms with Crippen molar-refractivity contribution in [3.63, 3.8) is 0 Å². The van der Waals surface area contributed by atoms with Crippen molar-refractivity contribution in [2.45, 2.75) is 5.16 Å². The van der Waals surface area contributed by atoms with E-state index in [1.54, 1.807) is 18.2 Å². The number of nitrogens with zero attached hydrogens (tertiary/aromatic N) is 5. The molecule has 0 bridgehead atoms. The number of nitro groups is 1. The molecule has 12 heteroatoms. The van der Waals surface area contributed by atoms with Crippen LogP contribution in [0.2, 0.25) is 0 Å². The van der Waals surface area contributed by atoms with Crippen LogP contribution in [0.5, 0.6) is 0 Å². The van der Waals surface area contributed by atoms with Crippen molar-refractivity contribution in [2.24, 2.45) is 0 Å². The standard InChI is InChI=1S/C19H14FN7O3S/c20-13-5-1-11(2-6-13)15-9-16(23-22-15)18-24-25-19(26(18)21)31-10-17(28)12-3-7-14(8-4-12)27(29)30/h1-9H,10,21H2,(H,22,23). The molecular formula is C19H14FN7O3S. The number of H-pyrrole nitrogens is 1. The van der Waals surface area contributed by atoms with E-state index in [1.807, 2.05) is 0 Å². The van der Waals surface area contributed by atoms with E-state index in [0.717, 1.165) is 17.3 Å². The zero-order valence-corrected chi connectivity index (χ0v) is 16.5. The van der Waals surface area contributed by atoms with Gasteiger partial charge in [0.1, 0.15) is 11.5 Å². The summed E-state index contributed by atoms with van der Waals surface area (Å²) in [7, 11) is 0. The maximum atomic E-state index is 13.1. The fraction of sp³-hybridized carbons (Fsp3) is 0.0526. The van der Waals surface area contributed by atoms with Crippen LogP contribution >= 0.6 is 11.8 Å². The van der Waals surface area contributed by atoms with Crippen LogP contribution in [-0.4, -0.2) is 41.5 Å². The molecule has 4 aromatic rings. The first kappa shape index (κ1) is 20.2. The molecule has 3 N–H and O–H groups in total. The zero-order valence-electron chi connectivity index (χ0n) is 15.7. The number of non-ortho nitro benzene ring substituents is 1. The molecule has 0 saturated heterocycles. The van der Waals surface area contributed by atoms with Crippen LogP contribution in [0.4, 0.5) is 10.1 Å². The molecule has 0 atom stereocenters. The predicted octanol–water partition coefficient (Wildman–Crippen LogP) is 3.07. The van der Waals surface area contributed by atoms with E-state index in [1.165, 1.54) is 41.1 Å². The minimum absolute atomic E-state index is 0.0248. The lowest BCUT2D eigenvalue weighted by molar-refractivity contribution is -0.384. The van der Waals surface area contributed by atoms with Gasteiger partial charge in [0.2, 0.25) is 11.0 Å². The Morgan fingerprint density at radius 2 is 1.87 bits per heavy atom. The monoisotopic (exact) mass is 439 g/mol. The Kier molecular flexibility index (Phi) is 5.45. The lowest BCUT2D eigenvalue weighted by Crippen LogP contribution is -2.13. The van der Waals surface area contributed by atoms with E-state index < -0.39 is 4.92 Å². The number of nitro benzene ring substituents is 1. The number of hydrogen-bond acceptors (Lipinski definition) is 8. The lowest BCUT2D eigenvalue weighted by atomic mass is 10.1. The number of aromatic nitrogens is 5. The molecule has 0 aliphatic carbocycles. The van der Waals surface area contributed by atoms with Crippen molar-refractivity contribution >= 4 is 23.2 Å². The molecular weight excluding hydrogens is 425 g/mol. The topological polar surface area (TPSA) is 146 Å². The summed E-state index contributed by atoms with van der Waals surface area (Å²) in [6, 6.07) is 13.0. The Morgan fingerprint density at radius 3 is 2.55 bits per heavy atom. The molecule has 0 aliphatic heterocycles. The van der Waals surface area contributed by atoms with Crippen molar-refractivity contribution in [3.8, 4) is 22.8 Å². The summed E-state index contributed by atoms with van der Waals surface area (Å²) in [5, 5.41) is 26.1. The Hall–Kier alpha value is -4.06. The van der Waals surface area contributed by atoms with Gasteiger partial charge in [-0.2, -0.15) is 5.10 Å². The second kappa shape index (κ2) is 8.36. The number of nitrogens with two attached hydrogens (primary N) is 1. The number of Topliss-reactive ketones (excluding diaryl/α,β-unsaturated/α-hetero) is 1. The summed E-state index contributed by atoms with van der Waals surface area (Å²) in [4.78, 5) is 22.5. The van der Waals surface area contributed by atoms with E-state index in [0.29, 0.717) is 27.9 Å². The summed E-state index contributed by atoms with van der Waals surface area (Å²) in [5.41, 5.74) is 2.06. The molecule has 0 saturated carbocycles. The Morgan fingerprint density at radius 1 is 1.16 bits per heavy atom. The largest absolute Gasteiger partial charge is 0.335 e. The molecule has 31 heavy (non-hydrogen) atoms. The number of carbonyl (C=O) groups is 1. The Balaban J connectivity index is 1.45. The number of thioether (sulfide) groups is 1. The summed E-state index contributed by atoms with van der Waals surface area (Å²) >= 11 is 1.09. The van der Waals surface area contributed by atoms with Gasteiger partial charge in [-0.1, -0.05) is 11.8 Å². The number of nitrogens with one attached hydrogen (secondary N) is 1. The normalized spacial score (nSPS) is 10.9. The highest BCUT2D eigenvalue weighted by atomic mass is 32.2. The van der Waals surface area contributed by atoms with Crippen molar-refractivity contribution in [3.05, 3.63) is 76.1 Å². The number of halogens is 1. The van der Waals surface area contributed by atoms with Gasteiger partial charge < -0.3 is 5.84 Å². The highest BCUT2D eigenvalue weighted by Gasteiger charge is 2.17. The van der Waals surface area contributed by atoms with Crippen LogP contribution in [0.1, 0.15) is 10.4 Å². The number of benzene rings is 2. The molecule has 0 unspecified atom stereocenters. The Bertz CT molecular complexity index is 1250. The van der Waals surface area contributed by atoms with E-state index in [-0.39, 0.29) is 23.0 Å². The molecule has 0 fully saturated rings. The molecule has 2 aromatic heterocycles. The highest BCUT2D eigenvalue weighted by molar-refractivity contribution is 7.99. The molecule has 10 nitrogen and oxygen atoms in total. The molecule has 0 amide bonds. The number of aromatic amines is 1.